The first-order valence-electron chi connectivity index (χ1n) is 7.01. The molecule has 1 aromatic rings. The monoisotopic (exact) mass is 265 g/mol. The summed E-state index contributed by atoms with van der Waals surface area (Å²) < 4.78 is 11.1. The molecule has 0 aliphatic heterocycles. The molecule has 0 amide bonds. The second-order valence-corrected chi connectivity index (χ2v) is 5.32. The Balaban J connectivity index is 2.57. The molecule has 0 saturated carbocycles. The van der Waals surface area contributed by atoms with E-state index in [9.17, 15) is 0 Å². The molecule has 19 heavy (non-hydrogen) atoms. The average Bonchev–Trinajstić information content (AvgIpc) is 2.34. The van der Waals surface area contributed by atoms with E-state index < -0.39 is 0 Å². The van der Waals surface area contributed by atoms with Crippen molar-refractivity contribution in [1.29, 1.82) is 0 Å². The number of hydrogen-bond donors (Lipinski definition) is 1. The maximum atomic E-state index is 6.06. The topological polar surface area (TPSA) is 30.5 Å². The standard InChI is InChI=1S/C16H27NO2/c1-12(2)15-7-6-13(3)10-16(15)19-14(4)11-17-8-9-18-5/h6-7,10,12,14,17H,8-9,11H2,1-5H3. The molecule has 3 heteroatoms. The summed E-state index contributed by atoms with van der Waals surface area (Å²) in [5.41, 5.74) is 2.51. The quantitative estimate of drug-likeness (QED) is 0.733. The van der Waals surface area contributed by atoms with Gasteiger partial charge in [-0.25, -0.2) is 0 Å². The van der Waals surface area contributed by atoms with Crippen LogP contribution >= 0.6 is 0 Å². The van der Waals surface area contributed by atoms with Crippen LogP contribution in [-0.2, 0) is 4.74 Å². The second-order valence-electron chi connectivity index (χ2n) is 5.32. The predicted molar refractivity (Wildman–Crippen MR) is 80.1 cm³/mol. The highest BCUT2D eigenvalue weighted by Crippen LogP contribution is 2.28. The number of ether oxygens (including phenoxy) is 2. The zero-order valence-electron chi connectivity index (χ0n) is 12.8. The van der Waals surface area contributed by atoms with Gasteiger partial charge in [-0.3, -0.25) is 0 Å². The van der Waals surface area contributed by atoms with E-state index in [1.54, 1.807) is 7.11 Å². The highest BCUT2D eigenvalue weighted by molar-refractivity contribution is 5.39. The molecule has 0 bridgehead atoms. The average molecular weight is 265 g/mol. The number of hydrogen-bond acceptors (Lipinski definition) is 3. The van der Waals surface area contributed by atoms with Crippen molar-refractivity contribution in [1.82, 2.24) is 5.32 Å². The molecule has 1 atom stereocenters. The summed E-state index contributed by atoms with van der Waals surface area (Å²) in [6.45, 7) is 11.0. The minimum atomic E-state index is 0.149. The zero-order valence-corrected chi connectivity index (χ0v) is 12.8. The van der Waals surface area contributed by atoms with Crippen molar-refractivity contribution >= 4 is 0 Å². The van der Waals surface area contributed by atoms with E-state index in [0.717, 1.165) is 25.4 Å². The van der Waals surface area contributed by atoms with Gasteiger partial charge in [-0.15, -0.1) is 0 Å². The maximum Gasteiger partial charge on any atom is 0.123 e. The predicted octanol–water partition coefficient (Wildman–Crippen LogP) is 3.12. The molecular weight excluding hydrogens is 238 g/mol. The molecule has 3 nitrogen and oxygen atoms in total. The fourth-order valence-electron chi connectivity index (χ4n) is 1.96. The third-order valence-electron chi connectivity index (χ3n) is 3.03. The summed E-state index contributed by atoms with van der Waals surface area (Å²) in [5, 5.41) is 3.32. The molecule has 0 aromatic heterocycles. The Labute approximate surface area is 117 Å². The van der Waals surface area contributed by atoms with Crippen molar-refractivity contribution in [2.45, 2.75) is 39.7 Å². The van der Waals surface area contributed by atoms with Crippen LogP contribution in [0.15, 0.2) is 18.2 Å². The summed E-state index contributed by atoms with van der Waals surface area (Å²) in [7, 11) is 1.71. The van der Waals surface area contributed by atoms with Crippen LogP contribution in [0.3, 0.4) is 0 Å². The van der Waals surface area contributed by atoms with E-state index in [4.69, 9.17) is 9.47 Å². The third kappa shape index (κ3) is 5.62. The van der Waals surface area contributed by atoms with Crippen molar-refractivity contribution in [3.8, 4) is 5.75 Å². The minimum Gasteiger partial charge on any atom is -0.489 e. The zero-order chi connectivity index (χ0) is 14.3. The van der Waals surface area contributed by atoms with E-state index in [1.807, 2.05) is 0 Å². The molecule has 0 aliphatic carbocycles. The van der Waals surface area contributed by atoms with Crippen LogP contribution in [0.25, 0.3) is 0 Å². The number of methoxy groups -OCH3 is 1. The Hall–Kier alpha value is -1.06. The van der Waals surface area contributed by atoms with Crippen LogP contribution in [0.5, 0.6) is 5.75 Å². The lowest BCUT2D eigenvalue weighted by atomic mass is 10.0. The van der Waals surface area contributed by atoms with Crippen LogP contribution in [0.1, 0.15) is 37.8 Å². The molecule has 0 fully saturated rings. The molecule has 1 aromatic carbocycles. The normalized spacial score (nSPS) is 12.7. The maximum absolute atomic E-state index is 6.06. The van der Waals surface area contributed by atoms with Gasteiger partial charge in [-0.05, 0) is 37.0 Å². The lowest BCUT2D eigenvalue weighted by molar-refractivity contribution is 0.183. The van der Waals surface area contributed by atoms with E-state index >= 15 is 0 Å². The van der Waals surface area contributed by atoms with Gasteiger partial charge in [-0.1, -0.05) is 26.0 Å². The van der Waals surface area contributed by atoms with Crippen molar-refractivity contribution in [3.05, 3.63) is 29.3 Å². The highest BCUT2D eigenvalue weighted by atomic mass is 16.5. The van der Waals surface area contributed by atoms with Crippen LogP contribution in [0.4, 0.5) is 0 Å². The van der Waals surface area contributed by atoms with E-state index in [1.165, 1.54) is 11.1 Å². The van der Waals surface area contributed by atoms with Crippen LogP contribution in [0, 0.1) is 6.92 Å². The Kier molecular flexibility index (Phi) is 6.89. The fraction of sp³-hybridized carbons (Fsp3) is 0.625. The first-order valence-corrected chi connectivity index (χ1v) is 7.01. The highest BCUT2D eigenvalue weighted by Gasteiger charge is 2.11. The Morgan fingerprint density at radius 3 is 2.58 bits per heavy atom. The first-order chi connectivity index (χ1) is 9.04. The van der Waals surface area contributed by atoms with Gasteiger partial charge in [0.25, 0.3) is 0 Å². The molecule has 0 heterocycles. The van der Waals surface area contributed by atoms with Gasteiger partial charge in [0.1, 0.15) is 11.9 Å². The second kappa shape index (κ2) is 8.18. The summed E-state index contributed by atoms with van der Waals surface area (Å²) in [6.07, 6.45) is 0.149. The molecular formula is C16H27NO2. The summed E-state index contributed by atoms with van der Waals surface area (Å²) in [5.74, 6) is 1.49. The largest absolute Gasteiger partial charge is 0.489 e. The Morgan fingerprint density at radius 2 is 1.95 bits per heavy atom. The van der Waals surface area contributed by atoms with Gasteiger partial charge < -0.3 is 14.8 Å². The molecule has 0 aliphatic rings. The third-order valence-corrected chi connectivity index (χ3v) is 3.03. The number of nitrogens with one attached hydrogen (secondary N) is 1. The molecule has 0 spiro atoms. The molecule has 0 saturated heterocycles. The lowest BCUT2D eigenvalue weighted by Crippen LogP contribution is -2.31. The van der Waals surface area contributed by atoms with Crippen LogP contribution < -0.4 is 10.1 Å². The number of aryl methyl sites for hydroxylation is 1. The van der Waals surface area contributed by atoms with Crippen molar-refractivity contribution in [2.24, 2.45) is 0 Å². The summed E-state index contributed by atoms with van der Waals surface area (Å²) in [4.78, 5) is 0. The van der Waals surface area contributed by atoms with Crippen LogP contribution in [0.2, 0.25) is 0 Å². The van der Waals surface area contributed by atoms with Gasteiger partial charge >= 0.3 is 0 Å². The molecule has 1 rings (SSSR count). The minimum absolute atomic E-state index is 0.149. The summed E-state index contributed by atoms with van der Waals surface area (Å²) in [6, 6.07) is 6.44. The van der Waals surface area contributed by atoms with Gasteiger partial charge in [0.05, 0.1) is 6.61 Å². The van der Waals surface area contributed by atoms with E-state index in [0.29, 0.717) is 5.92 Å². The lowest BCUT2D eigenvalue weighted by Gasteiger charge is -2.20. The smallest absolute Gasteiger partial charge is 0.123 e. The van der Waals surface area contributed by atoms with Crippen molar-refractivity contribution < 1.29 is 9.47 Å². The van der Waals surface area contributed by atoms with Gasteiger partial charge in [0.15, 0.2) is 0 Å². The molecule has 108 valence electrons. The molecule has 1 unspecified atom stereocenters. The first kappa shape index (κ1) is 16.0. The van der Waals surface area contributed by atoms with E-state index in [2.05, 4.69) is 51.2 Å². The van der Waals surface area contributed by atoms with Gasteiger partial charge in [-0.2, -0.15) is 0 Å². The Bertz CT molecular complexity index is 377. The van der Waals surface area contributed by atoms with Crippen molar-refractivity contribution in [3.63, 3.8) is 0 Å². The Morgan fingerprint density at radius 1 is 1.21 bits per heavy atom. The molecule has 0 radical (unpaired) electrons. The van der Waals surface area contributed by atoms with Crippen LogP contribution in [-0.4, -0.2) is 32.9 Å². The molecule has 1 N–H and O–H groups in total. The fourth-order valence-corrected chi connectivity index (χ4v) is 1.96. The van der Waals surface area contributed by atoms with Crippen molar-refractivity contribution in [2.75, 3.05) is 26.8 Å². The van der Waals surface area contributed by atoms with E-state index in [-0.39, 0.29) is 6.10 Å². The SMILES string of the molecule is COCCNCC(C)Oc1cc(C)ccc1C(C)C. The summed E-state index contributed by atoms with van der Waals surface area (Å²) >= 11 is 0. The number of rotatable bonds is 8. The van der Waals surface area contributed by atoms with Gasteiger partial charge in [0.2, 0.25) is 0 Å². The van der Waals surface area contributed by atoms with Gasteiger partial charge in [0, 0.05) is 20.2 Å². The number of benzene rings is 1.